The van der Waals surface area contributed by atoms with Crippen LogP contribution in [0.4, 0.5) is 8.78 Å². The molecule has 15 heavy (non-hydrogen) atoms. The average Bonchev–Trinajstić information content (AvgIpc) is 2.10. The zero-order valence-electron chi connectivity index (χ0n) is 7.74. The fourth-order valence-electron chi connectivity index (χ4n) is 0.954. The topological polar surface area (TPSA) is 75.2 Å². The molecule has 1 heterocycles. The summed E-state index contributed by atoms with van der Waals surface area (Å²) in [6, 6.07) is 0.920. The summed E-state index contributed by atoms with van der Waals surface area (Å²) in [6.07, 6.45) is -2.35. The minimum atomic E-state index is -2.51. The molecule has 0 amide bonds. The second-order valence-corrected chi connectivity index (χ2v) is 2.77. The third-order valence-electron chi connectivity index (χ3n) is 1.50. The first-order valence-corrected chi connectivity index (χ1v) is 4.23. The summed E-state index contributed by atoms with van der Waals surface area (Å²) in [5, 5.41) is 8.95. The van der Waals surface area contributed by atoms with Crippen molar-refractivity contribution in [2.24, 2.45) is 0 Å². The maximum absolute atomic E-state index is 11.7. The van der Waals surface area contributed by atoms with E-state index in [1.165, 1.54) is 0 Å². The van der Waals surface area contributed by atoms with Crippen molar-refractivity contribution in [3.8, 4) is 5.88 Å². The van der Waals surface area contributed by atoms with Crippen molar-refractivity contribution >= 4 is 0 Å². The molecule has 0 saturated carbocycles. The molecular formula is C8H10F2N2O3. The Morgan fingerprint density at radius 3 is 2.93 bits per heavy atom. The molecule has 84 valence electrons. The lowest BCUT2D eigenvalue weighted by Gasteiger charge is -2.02. The molecule has 0 unspecified atom stereocenters. The van der Waals surface area contributed by atoms with E-state index in [1.54, 1.807) is 0 Å². The van der Waals surface area contributed by atoms with Gasteiger partial charge in [0.1, 0.15) is 12.4 Å². The van der Waals surface area contributed by atoms with Gasteiger partial charge in [0, 0.05) is 6.42 Å². The average molecular weight is 220 g/mol. The Hall–Kier alpha value is -1.50. The predicted molar refractivity (Wildman–Crippen MR) is 47.0 cm³/mol. The molecule has 0 aliphatic heterocycles. The number of rotatable bonds is 5. The molecule has 0 bridgehead atoms. The van der Waals surface area contributed by atoms with Crippen molar-refractivity contribution in [3.05, 3.63) is 22.2 Å². The second kappa shape index (κ2) is 5.40. The number of nitrogens with one attached hydrogen (secondary N) is 1. The molecule has 1 aromatic heterocycles. The zero-order valence-corrected chi connectivity index (χ0v) is 7.74. The van der Waals surface area contributed by atoms with E-state index < -0.39 is 24.5 Å². The number of aromatic hydroxyl groups is 1. The monoisotopic (exact) mass is 220 g/mol. The molecule has 7 heteroatoms. The van der Waals surface area contributed by atoms with E-state index >= 15 is 0 Å². The van der Waals surface area contributed by atoms with Crippen molar-refractivity contribution in [1.82, 2.24) is 9.97 Å². The number of H-pyrrole nitrogens is 1. The first-order valence-electron chi connectivity index (χ1n) is 4.23. The van der Waals surface area contributed by atoms with Crippen LogP contribution in [0.1, 0.15) is 5.82 Å². The highest BCUT2D eigenvalue weighted by atomic mass is 19.3. The minimum absolute atomic E-state index is 0.0106. The van der Waals surface area contributed by atoms with Crippen LogP contribution in [-0.4, -0.2) is 34.7 Å². The van der Waals surface area contributed by atoms with Gasteiger partial charge in [0.05, 0.1) is 12.7 Å². The van der Waals surface area contributed by atoms with Crippen LogP contribution in [0.2, 0.25) is 0 Å². The first kappa shape index (κ1) is 11.6. The molecule has 0 radical (unpaired) electrons. The summed E-state index contributed by atoms with van der Waals surface area (Å²) in [5.74, 6) is -0.197. The largest absolute Gasteiger partial charge is 0.493 e. The molecular weight excluding hydrogens is 210 g/mol. The van der Waals surface area contributed by atoms with E-state index in [0.717, 1.165) is 6.07 Å². The molecule has 0 aromatic carbocycles. The van der Waals surface area contributed by atoms with Gasteiger partial charge in [0.15, 0.2) is 0 Å². The van der Waals surface area contributed by atoms with Gasteiger partial charge in [-0.05, 0) is 0 Å². The van der Waals surface area contributed by atoms with Gasteiger partial charge in [-0.3, -0.25) is 4.79 Å². The first-order chi connectivity index (χ1) is 7.08. The maximum atomic E-state index is 11.7. The van der Waals surface area contributed by atoms with Crippen LogP contribution in [0.3, 0.4) is 0 Å². The smallest absolute Gasteiger partial charge is 0.261 e. The Bertz CT molecular complexity index is 367. The number of halogens is 2. The maximum Gasteiger partial charge on any atom is 0.261 e. The van der Waals surface area contributed by atoms with Crippen LogP contribution in [0, 0.1) is 0 Å². The summed E-state index contributed by atoms with van der Waals surface area (Å²) < 4.78 is 27.9. The van der Waals surface area contributed by atoms with Crippen LogP contribution in [0.15, 0.2) is 10.9 Å². The third-order valence-corrected chi connectivity index (χ3v) is 1.50. The van der Waals surface area contributed by atoms with Gasteiger partial charge in [0.2, 0.25) is 5.88 Å². The molecule has 0 atom stereocenters. The van der Waals surface area contributed by atoms with Crippen LogP contribution in [-0.2, 0) is 11.2 Å². The molecule has 1 rings (SSSR count). The van der Waals surface area contributed by atoms with E-state index in [4.69, 9.17) is 5.11 Å². The van der Waals surface area contributed by atoms with E-state index in [1.807, 2.05) is 0 Å². The third kappa shape index (κ3) is 4.50. The zero-order chi connectivity index (χ0) is 11.3. The second-order valence-electron chi connectivity index (χ2n) is 2.77. The van der Waals surface area contributed by atoms with Gasteiger partial charge in [-0.1, -0.05) is 0 Å². The standard InChI is InChI=1S/C8H10F2N2O3/c9-5(10)4-15-2-1-6-11-7(13)3-8(14)12-6/h3,5H,1-2,4H2,(H2,11,12,13,14). The highest BCUT2D eigenvalue weighted by Crippen LogP contribution is 1.99. The lowest BCUT2D eigenvalue weighted by atomic mass is 10.4. The molecule has 0 saturated heterocycles. The molecule has 0 aliphatic rings. The van der Waals surface area contributed by atoms with Gasteiger partial charge < -0.3 is 14.8 Å². The molecule has 0 spiro atoms. The highest BCUT2D eigenvalue weighted by Gasteiger charge is 2.03. The molecule has 0 fully saturated rings. The lowest BCUT2D eigenvalue weighted by Crippen LogP contribution is -2.13. The quantitative estimate of drug-likeness (QED) is 0.700. The Morgan fingerprint density at radius 2 is 2.33 bits per heavy atom. The lowest BCUT2D eigenvalue weighted by molar-refractivity contribution is 0.0182. The number of hydrogen-bond donors (Lipinski definition) is 2. The Kier molecular flexibility index (Phi) is 4.17. The van der Waals surface area contributed by atoms with Crippen molar-refractivity contribution in [2.75, 3.05) is 13.2 Å². The fourth-order valence-corrected chi connectivity index (χ4v) is 0.954. The molecule has 5 nitrogen and oxygen atoms in total. The summed E-state index contributed by atoms with van der Waals surface area (Å²) in [7, 11) is 0. The Morgan fingerprint density at radius 1 is 1.60 bits per heavy atom. The van der Waals surface area contributed by atoms with Crippen molar-refractivity contribution in [1.29, 1.82) is 0 Å². The van der Waals surface area contributed by atoms with Crippen molar-refractivity contribution < 1.29 is 18.6 Å². The van der Waals surface area contributed by atoms with E-state index in [0.29, 0.717) is 0 Å². The summed E-state index contributed by atoms with van der Waals surface area (Å²) in [5.41, 5.74) is -0.494. The molecule has 1 aromatic rings. The van der Waals surface area contributed by atoms with Gasteiger partial charge >= 0.3 is 0 Å². The van der Waals surface area contributed by atoms with Gasteiger partial charge in [-0.2, -0.15) is 0 Å². The van der Waals surface area contributed by atoms with E-state index in [-0.39, 0.29) is 18.9 Å². The Labute approximate surface area is 83.7 Å². The fraction of sp³-hybridized carbons (Fsp3) is 0.500. The Balaban J connectivity index is 2.40. The van der Waals surface area contributed by atoms with Crippen LogP contribution in [0.25, 0.3) is 0 Å². The number of hydrogen-bond acceptors (Lipinski definition) is 4. The van der Waals surface area contributed by atoms with Gasteiger partial charge in [-0.25, -0.2) is 13.8 Å². The van der Waals surface area contributed by atoms with Crippen LogP contribution in [0.5, 0.6) is 5.88 Å². The summed E-state index contributed by atoms with van der Waals surface area (Å²) in [4.78, 5) is 16.8. The minimum Gasteiger partial charge on any atom is -0.493 e. The van der Waals surface area contributed by atoms with Crippen LogP contribution >= 0.6 is 0 Å². The summed E-state index contributed by atoms with van der Waals surface area (Å²) >= 11 is 0. The molecule has 0 aliphatic carbocycles. The SMILES string of the molecule is O=c1cc(O)nc(CCOCC(F)F)[nH]1. The van der Waals surface area contributed by atoms with Gasteiger partial charge in [-0.15, -0.1) is 0 Å². The predicted octanol–water partition coefficient (Wildman–Crippen LogP) is 0.300. The van der Waals surface area contributed by atoms with Gasteiger partial charge in [0.25, 0.3) is 12.0 Å². The van der Waals surface area contributed by atoms with Crippen LogP contribution < -0.4 is 5.56 Å². The number of alkyl halides is 2. The van der Waals surface area contributed by atoms with Crippen molar-refractivity contribution in [3.63, 3.8) is 0 Å². The van der Waals surface area contributed by atoms with E-state index in [2.05, 4.69) is 14.7 Å². The number of aromatic nitrogens is 2. The van der Waals surface area contributed by atoms with Crippen molar-refractivity contribution in [2.45, 2.75) is 12.8 Å². The van der Waals surface area contributed by atoms with E-state index in [9.17, 15) is 13.6 Å². The number of aromatic amines is 1. The number of ether oxygens (including phenoxy) is 1. The highest BCUT2D eigenvalue weighted by molar-refractivity contribution is 5.06. The summed E-state index contributed by atoms with van der Waals surface area (Å²) in [6.45, 7) is -0.639. The normalized spacial score (nSPS) is 10.9. The number of nitrogens with zero attached hydrogens (tertiary/aromatic N) is 1. The molecule has 2 N–H and O–H groups in total.